The summed E-state index contributed by atoms with van der Waals surface area (Å²) >= 11 is 1.61. The molecule has 1 heterocycles. The van der Waals surface area contributed by atoms with Crippen LogP contribution in [0.2, 0.25) is 0 Å². The third-order valence-electron chi connectivity index (χ3n) is 3.17. The summed E-state index contributed by atoms with van der Waals surface area (Å²) < 4.78 is 7.59. The summed E-state index contributed by atoms with van der Waals surface area (Å²) in [4.78, 5) is 12.4. The minimum Gasteiger partial charge on any atom is -0.493 e. The summed E-state index contributed by atoms with van der Waals surface area (Å²) in [6.45, 7) is 1.22. The molecule has 1 aromatic heterocycles. The highest BCUT2D eigenvalue weighted by Crippen LogP contribution is 2.27. The van der Waals surface area contributed by atoms with Crippen molar-refractivity contribution in [2.75, 3.05) is 13.2 Å². The first-order chi connectivity index (χ1) is 9.79. The van der Waals surface area contributed by atoms with Gasteiger partial charge in [-0.15, -0.1) is 11.3 Å². The Labute approximate surface area is 120 Å². The van der Waals surface area contributed by atoms with Crippen LogP contribution in [0.3, 0.4) is 0 Å². The zero-order valence-corrected chi connectivity index (χ0v) is 11.8. The summed E-state index contributed by atoms with van der Waals surface area (Å²) in [5, 5.41) is 1.53. The molecular formula is C16H15NO2S. The Kier molecular flexibility index (Phi) is 3.67. The molecule has 0 saturated heterocycles. The van der Waals surface area contributed by atoms with Crippen molar-refractivity contribution in [2.45, 2.75) is 6.42 Å². The van der Waals surface area contributed by atoms with Crippen LogP contribution in [0.15, 0.2) is 47.3 Å². The van der Waals surface area contributed by atoms with E-state index >= 15 is 0 Å². The van der Waals surface area contributed by atoms with Gasteiger partial charge in [-0.3, -0.25) is 4.79 Å². The summed E-state index contributed by atoms with van der Waals surface area (Å²) in [7, 11) is 0. The standard InChI is InChI=1S/C16H15NO2S/c17-8-3-9-19-11-6-7-13-15(10-11)20-14-5-2-1-4-12(14)16(13)18/h1-2,4-7,10H,3,8-9,17H2. The maximum atomic E-state index is 12.4. The number of benzene rings is 2. The van der Waals surface area contributed by atoms with Gasteiger partial charge in [0.25, 0.3) is 0 Å². The molecule has 0 spiro atoms. The van der Waals surface area contributed by atoms with Crippen LogP contribution in [-0.2, 0) is 0 Å². The molecule has 4 heteroatoms. The zero-order chi connectivity index (χ0) is 13.9. The van der Waals surface area contributed by atoms with E-state index in [1.807, 2.05) is 42.5 Å². The summed E-state index contributed by atoms with van der Waals surface area (Å²) in [6.07, 6.45) is 0.825. The van der Waals surface area contributed by atoms with Crippen LogP contribution in [0.4, 0.5) is 0 Å². The molecule has 2 N–H and O–H groups in total. The van der Waals surface area contributed by atoms with E-state index in [4.69, 9.17) is 10.5 Å². The van der Waals surface area contributed by atoms with E-state index in [2.05, 4.69) is 0 Å². The zero-order valence-electron chi connectivity index (χ0n) is 11.0. The fourth-order valence-corrected chi connectivity index (χ4v) is 3.24. The predicted octanol–water partition coefficient (Wildman–Crippen LogP) is 3.14. The molecule has 3 rings (SSSR count). The second-order valence-corrected chi connectivity index (χ2v) is 5.66. The lowest BCUT2D eigenvalue weighted by molar-refractivity contribution is 0.314. The lowest BCUT2D eigenvalue weighted by Crippen LogP contribution is -2.06. The van der Waals surface area contributed by atoms with Crippen molar-refractivity contribution in [3.8, 4) is 5.75 Å². The molecule has 2 aromatic carbocycles. The van der Waals surface area contributed by atoms with Crippen LogP contribution >= 0.6 is 11.3 Å². The Morgan fingerprint density at radius 3 is 2.70 bits per heavy atom. The monoisotopic (exact) mass is 285 g/mol. The first-order valence-corrected chi connectivity index (χ1v) is 7.40. The van der Waals surface area contributed by atoms with E-state index in [-0.39, 0.29) is 5.43 Å². The van der Waals surface area contributed by atoms with E-state index in [1.165, 1.54) is 0 Å². The molecular weight excluding hydrogens is 270 g/mol. The molecule has 0 fully saturated rings. The van der Waals surface area contributed by atoms with Gasteiger partial charge in [0, 0.05) is 20.2 Å². The fraction of sp³-hybridized carbons (Fsp3) is 0.188. The normalized spacial score (nSPS) is 11.1. The molecule has 0 bridgehead atoms. The maximum Gasteiger partial charge on any atom is 0.195 e. The van der Waals surface area contributed by atoms with Gasteiger partial charge in [0.2, 0.25) is 0 Å². The molecule has 0 aliphatic carbocycles. The van der Waals surface area contributed by atoms with Crippen LogP contribution in [0, 0.1) is 0 Å². The van der Waals surface area contributed by atoms with Gasteiger partial charge in [0.1, 0.15) is 5.75 Å². The molecule has 3 nitrogen and oxygen atoms in total. The Hall–Kier alpha value is -1.91. The number of hydrogen-bond donors (Lipinski definition) is 1. The SMILES string of the molecule is NCCCOc1ccc2c(=O)c3ccccc3sc2c1. The Balaban J connectivity index is 2.10. The van der Waals surface area contributed by atoms with Crippen molar-refractivity contribution in [2.24, 2.45) is 5.73 Å². The lowest BCUT2D eigenvalue weighted by Gasteiger charge is -2.06. The number of fused-ring (bicyclic) bond motifs is 2. The number of nitrogens with two attached hydrogens (primary N) is 1. The van der Waals surface area contributed by atoms with Crippen molar-refractivity contribution in [3.05, 3.63) is 52.7 Å². The van der Waals surface area contributed by atoms with Crippen LogP contribution in [0.5, 0.6) is 5.75 Å². The van der Waals surface area contributed by atoms with Crippen molar-refractivity contribution in [1.29, 1.82) is 0 Å². The third-order valence-corrected chi connectivity index (χ3v) is 4.30. The molecule has 0 aliphatic heterocycles. The largest absolute Gasteiger partial charge is 0.493 e. The molecule has 0 saturated carbocycles. The van der Waals surface area contributed by atoms with E-state index in [1.54, 1.807) is 11.3 Å². The van der Waals surface area contributed by atoms with Crippen LogP contribution < -0.4 is 15.9 Å². The molecule has 20 heavy (non-hydrogen) atoms. The minimum absolute atomic E-state index is 0.0860. The summed E-state index contributed by atoms with van der Waals surface area (Å²) in [5.74, 6) is 0.789. The second-order valence-electron chi connectivity index (χ2n) is 4.58. The van der Waals surface area contributed by atoms with Gasteiger partial charge in [-0.05, 0) is 43.3 Å². The van der Waals surface area contributed by atoms with Gasteiger partial charge < -0.3 is 10.5 Å². The van der Waals surface area contributed by atoms with Gasteiger partial charge in [-0.25, -0.2) is 0 Å². The van der Waals surface area contributed by atoms with Crippen molar-refractivity contribution >= 4 is 31.5 Å². The minimum atomic E-state index is 0.0860. The Morgan fingerprint density at radius 1 is 1.05 bits per heavy atom. The van der Waals surface area contributed by atoms with E-state index in [0.717, 1.165) is 32.3 Å². The van der Waals surface area contributed by atoms with Crippen molar-refractivity contribution < 1.29 is 4.74 Å². The topological polar surface area (TPSA) is 52.3 Å². The molecule has 0 radical (unpaired) electrons. The Morgan fingerprint density at radius 2 is 1.85 bits per heavy atom. The van der Waals surface area contributed by atoms with Gasteiger partial charge >= 0.3 is 0 Å². The average Bonchev–Trinajstić information content (AvgIpc) is 2.48. The van der Waals surface area contributed by atoms with Crippen LogP contribution in [-0.4, -0.2) is 13.2 Å². The van der Waals surface area contributed by atoms with Gasteiger partial charge in [0.05, 0.1) is 6.61 Å². The molecule has 0 aliphatic rings. The lowest BCUT2D eigenvalue weighted by atomic mass is 10.2. The third kappa shape index (κ3) is 2.40. The quantitative estimate of drug-likeness (QED) is 0.592. The smallest absolute Gasteiger partial charge is 0.195 e. The maximum absolute atomic E-state index is 12.4. The molecule has 3 aromatic rings. The number of ether oxygens (including phenoxy) is 1. The summed E-state index contributed by atoms with van der Waals surface area (Å²) in [6, 6.07) is 13.3. The van der Waals surface area contributed by atoms with E-state index in [0.29, 0.717) is 13.2 Å². The highest BCUT2D eigenvalue weighted by Gasteiger charge is 2.06. The van der Waals surface area contributed by atoms with Crippen molar-refractivity contribution in [3.63, 3.8) is 0 Å². The molecule has 0 amide bonds. The first kappa shape index (κ1) is 13.1. The Bertz CT molecular complexity index is 810. The van der Waals surface area contributed by atoms with Crippen molar-refractivity contribution in [1.82, 2.24) is 0 Å². The van der Waals surface area contributed by atoms with Gasteiger partial charge in [-0.2, -0.15) is 0 Å². The summed E-state index contributed by atoms with van der Waals surface area (Å²) in [5.41, 5.74) is 5.53. The molecule has 102 valence electrons. The predicted molar refractivity (Wildman–Crippen MR) is 84.8 cm³/mol. The number of rotatable bonds is 4. The highest BCUT2D eigenvalue weighted by molar-refractivity contribution is 7.24. The molecule has 0 atom stereocenters. The van der Waals surface area contributed by atoms with Gasteiger partial charge in [0.15, 0.2) is 5.43 Å². The first-order valence-electron chi connectivity index (χ1n) is 6.58. The van der Waals surface area contributed by atoms with Crippen LogP contribution in [0.25, 0.3) is 20.2 Å². The van der Waals surface area contributed by atoms with Crippen LogP contribution in [0.1, 0.15) is 6.42 Å². The average molecular weight is 285 g/mol. The van der Waals surface area contributed by atoms with E-state index in [9.17, 15) is 4.79 Å². The molecule has 0 unspecified atom stereocenters. The highest BCUT2D eigenvalue weighted by atomic mass is 32.1. The van der Waals surface area contributed by atoms with Gasteiger partial charge in [-0.1, -0.05) is 12.1 Å². The fourth-order valence-electron chi connectivity index (χ4n) is 2.14. The van der Waals surface area contributed by atoms with E-state index < -0.39 is 0 Å². The number of hydrogen-bond acceptors (Lipinski definition) is 4. The second kappa shape index (κ2) is 5.61.